The third-order valence-corrected chi connectivity index (χ3v) is 4.33. The van der Waals surface area contributed by atoms with Gasteiger partial charge in [0.2, 0.25) is 0 Å². The molecular weight excluding hydrogens is 445 g/mol. The van der Waals surface area contributed by atoms with E-state index in [0.717, 1.165) is 0 Å². The van der Waals surface area contributed by atoms with Crippen molar-refractivity contribution in [1.82, 2.24) is 10.6 Å². The van der Waals surface area contributed by atoms with Crippen LogP contribution in [0.25, 0.3) is 0 Å². The molecule has 168 valence electrons. The summed E-state index contributed by atoms with van der Waals surface area (Å²) >= 11 is 0. The Balaban J connectivity index is 0. The smallest absolute Gasteiger partial charge is 0.391 e. The van der Waals surface area contributed by atoms with Crippen molar-refractivity contribution in [2.75, 3.05) is 13.1 Å². The zero-order valence-electron chi connectivity index (χ0n) is 14.3. The van der Waals surface area contributed by atoms with Crippen molar-refractivity contribution in [2.45, 2.75) is 50.1 Å². The molecule has 0 spiro atoms. The number of carbonyl (C=O) groups is 2. The Morgan fingerprint density at radius 2 is 1.00 bits per heavy atom. The maximum Gasteiger partial charge on any atom is 0.391 e. The highest BCUT2D eigenvalue weighted by Gasteiger charge is 2.44. The van der Waals surface area contributed by atoms with E-state index in [-0.39, 0.29) is 63.6 Å². The average molecular weight is 467 g/mol. The van der Waals surface area contributed by atoms with E-state index < -0.39 is 48.2 Å². The van der Waals surface area contributed by atoms with Crippen LogP contribution in [-0.2, 0) is 9.59 Å². The number of halogens is 8. The largest absolute Gasteiger partial charge is 0.480 e. The highest BCUT2D eigenvalue weighted by atomic mass is 35.5. The van der Waals surface area contributed by atoms with Crippen LogP contribution >= 0.6 is 24.8 Å². The van der Waals surface area contributed by atoms with Crippen LogP contribution in [0.15, 0.2) is 0 Å². The molecule has 2 aliphatic heterocycles. The summed E-state index contributed by atoms with van der Waals surface area (Å²) in [4.78, 5) is 20.8. The lowest BCUT2D eigenvalue weighted by atomic mass is 9.92. The Kier molecular flexibility index (Phi) is 12.4. The van der Waals surface area contributed by atoms with E-state index in [1.54, 1.807) is 0 Å². The number of alkyl halides is 6. The molecule has 4 atom stereocenters. The van der Waals surface area contributed by atoms with Gasteiger partial charge in [0.1, 0.15) is 12.1 Å². The van der Waals surface area contributed by atoms with Gasteiger partial charge in [0.25, 0.3) is 0 Å². The Morgan fingerprint density at radius 3 is 1.21 bits per heavy atom. The fourth-order valence-corrected chi connectivity index (χ4v) is 2.81. The molecule has 14 heteroatoms. The van der Waals surface area contributed by atoms with Gasteiger partial charge in [-0.1, -0.05) is 0 Å². The fraction of sp³-hybridized carbons (Fsp3) is 0.857. The van der Waals surface area contributed by atoms with Crippen LogP contribution in [0, 0.1) is 11.8 Å². The van der Waals surface area contributed by atoms with E-state index in [9.17, 15) is 35.9 Å². The molecule has 2 saturated heterocycles. The minimum atomic E-state index is -4.27. The van der Waals surface area contributed by atoms with Crippen LogP contribution in [0.3, 0.4) is 0 Å². The maximum atomic E-state index is 12.2. The summed E-state index contributed by atoms with van der Waals surface area (Å²) in [7, 11) is 0. The molecule has 2 rings (SSSR count). The van der Waals surface area contributed by atoms with Gasteiger partial charge in [-0.25, -0.2) is 0 Å². The summed E-state index contributed by atoms with van der Waals surface area (Å²) in [6, 6.07) is -2.11. The standard InChI is InChI=1S/2C7H10F3NO2.2ClH/c2*8-7(9,10)4-1-2-11-5(3-4)6(12)13;;/h2*4-5,11H,1-3H2,(H,12,13);2*1H/t2*4-,5+;;/m10../s1. The van der Waals surface area contributed by atoms with Crippen LogP contribution in [0.4, 0.5) is 26.3 Å². The second kappa shape index (κ2) is 11.9. The molecule has 0 saturated carbocycles. The number of piperidine rings is 2. The minimum absolute atomic E-state index is 0. The maximum absolute atomic E-state index is 12.2. The van der Waals surface area contributed by atoms with Gasteiger partial charge in [-0.2, -0.15) is 26.3 Å². The van der Waals surface area contributed by atoms with Gasteiger partial charge in [0.05, 0.1) is 11.8 Å². The zero-order valence-corrected chi connectivity index (χ0v) is 16.0. The Bertz CT molecular complexity index is 463. The highest BCUT2D eigenvalue weighted by molar-refractivity contribution is 5.85. The molecule has 0 radical (unpaired) electrons. The van der Waals surface area contributed by atoms with E-state index in [0.29, 0.717) is 0 Å². The Hall–Kier alpha value is -0.980. The van der Waals surface area contributed by atoms with Crippen LogP contribution in [-0.4, -0.2) is 59.7 Å². The average Bonchev–Trinajstić information content (AvgIpc) is 2.54. The molecule has 0 aromatic rings. The molecule has 2 aliphatic rings. The molecule has 0 aromatic carbocycles. The molecule has 6 nitrogen and oxygen atoms in total. The minimum Gasteiger partial charge on any atom is -0.480 e. The van der Waals surface area contributed by atoms with Gasteiger partial charge in [-0.3, -0.25) is 9.59 Å². The van der Waals surface area contributed by atoms with Gasteiger partial charge in [-0.15, -0.1) is 24.8 Å². The van der Waals surface area contributed by atoms with Gasteiger partial charge in [-0.05, 0) is 38.8 Å². The summed E-state index contributed by atoms with van der Waals surface area (Å²) in [6.07, 6.45) is -9.33. The SMILES string of the molecule is Cl.Cl.O=C(O)[C@@H]1C[C@H](C(F)(F)F)CCN1.O=C(O)[C@H]1C[C@@H](C(F)(F)F)CCN1. The van der Waals surface area contributed by atoms with Gasteiger partial charge >= 0.3 is 24.3 Å². The molecule has 0 amide bonds. The van der Waals surface area contributed by atoms with Gasteiger partial charge in [0.15, 0.2) is 0 Å². The predicted molar refractivity (Wildman–Crippen MR) is 90.9 cm³/mol. The van der Waals surface area contributed by atoms with Gasteiger partial charge in [0, 0.05) is 0 Å². The van der Waals surface area contributed by atoms with Crippen molar-refractivity contribution in [1.29, 1.82) is 0 Å². The summed E-state index contributed by atoms with van der Waals surface area (Å²) < 4.78 is 72.9. The second-order valence-corrected chi connectivity index (χ2v) is 6.22. The highest BCUT2D eigenvalue weighted by Crippen LogP contribution is 2.34. The van der Waals surface area contributed by atoms with Crippen LogP contribution in [0.5, 0.6) is 0 Å². The quantitative estimate of drug-likeness (QED) is 0.467. The molecule has 0 aromatic heterocycles. The molecule has 2 heterocycles. The van der Waals surface area contributed by atoms with Crippen LogP contribution < -0.4 is 10.6 Å². The van der Waals surface area contributed by atoms with E-state index in [1.165, 1.54) is 0 Å². The third kappa shape index (κ3) is 9.48. The number of carboxylic acid groups (broad SMARTS) is 2. The molecule has 2 fully saturated rings. The number of rotatable bonds is 2. The lowest BCUT2D eigenvalue weighted by Gasteiger charge is -2.29. The van der Waals surface area contributed by atoms with Crippen LogP contribution in [0.1, 0.15) is 25.7 Å². The molecule has 0 unspecified atom stereocenters. The Labute approximate surface area is 169 Å². The monoisotopic (exact) mass is 466 g/mol. The molecular formula is C14H22Cl2F6N2O4. The zero-order chi connectivity index (χ0) is 20.1. The van der Waals surface area contributed by atoms with E-state index in [1.807, 2.05) is 0 Å². The lowest BCUT2D eigenvalue weighted by molar-refractivity contribution is -0.185. The van der Waals surface area contributed by atoms with E-state index >= 15 is 0 Å². The van der Waals surface area contributed by atoms with Gasteiger partial charge < -0.3 is 20.8 Å². The summed E-state index contributed by atoms with van der Waals surface area (Å²) in [5.74, 6) is -5.38. The summed E-state index contributed by atoms with van der Waals surface area (Å²) in [6.45, 7) is 0.224. The molecule has 0 bridgehead atoms. The van der Waals surface area contributed by atoms with Crippen molar-refractivity contribution < 1.29 is 46.1 Å². The van der Waals surface area contributed by atoms with Crippen molar-refractivity contribution in [3.05, 3.63) is 0 Å². The first-order valence-electron chi connectivity index (χ1n) is 7.88. The van der Waals surface area contributed by atoms with E-state index in [4.69, 9.17) is 10.2 Å². The summed E-state index contributed by atoms with van der Waals surface area (Å²) in [5, 5.41) is 22.0. The normalized spacial score (nSPS) is 27.9. The van der Waals surface area contributed by atoms with Crippen molar-refractivity contribution in [3.63, 3.8) is 0 Å². The first-order valence-corrected chi connectivity index (χ1v) is 7.88. The van der Waals surface area contributed by atoms with Crippen LogP contribution in [0.2, 0.25) is 0 Å². The topological polar surface area (TPSA) is 98.7 Å². The summed E-state index contributed by atoms with van der Waals surface area (Å²) in [5.41, 5.74) is 0. The van der Waals surface area contributed by atoms with Crippen molar-refractivity contribution in [2.24, 2.45) is 11.8 Å². The first kappa shape index (κ1) is 29.2. The van der Waals surface area contributed by atoms with Crippen molar-refractivity contribution >= 4 is 36.8 Å². The predicted octanol–water partition coefficient (Wildman–Crippen LogP) is 2.85. The lowest BCUT2D eigenvalue weighted by Crippen LogP contribution is -2.46. The number of aliphatic carboxylic acids is 2. The number of hydrogen-bond acceptors (Lipinski definition) is 4. The first-order chi connectivity index (χ1) is 11.8. The number of carboxylic acids is 2. The molecule has 28 heavy (non-hydrogen) atoms. The second-order valence-electron chi connectivity index (χ2n) is 6.22. The Morgan fingerprint density at radius 1 is 0.714 bits per heavy atom. The molecule has 4 N–H and O–H groups in total. The number of nitrogens with one attached hydrogen (secondary N) is 2. The fourth-order valence-electron chi connectivity index (χ4n) is 2.81. The molecule has 0 aliphatic carbocycles. The third-order valence-electron chi connectivity index (χ3n) is 4.33. The number of hydrogen-bond donors (Lipinski definition) is 4. The van der Waals surface area contributed by atoms with E-state index in [2.05, 4.69) is 10.6 Å². The van der Waals surface area contributed by atoms with Crippen molar-refractivity contribution in [3.8, 4) is 0 Å².